The molecule has 0 saturated carbocycles. The Bertz CT molecular complexity index is 1900. The number of rotatable bonds is 9. The molecule has 0 spiro atoms. The number of Topliss-reactive ketones (excluding diaryl/α,β-unsaturated/α-hetero) is 2. The first kappa shape index (κ1) is 28.3. The average molecular weight is 570 g/mol. The monoisotopic (exact) mass is 569 g/mol. The summed E-state index contributed by atoms with van der Waals surface area (Å²) in [5.41, 5.74) is 2.16. The number of carbonyl (C=O) groups excluding carboxylic acids is 2. The van der Waals surface area contributed by atoms with Gasteiger partial charge in [0.05, 0.1) is 30.3 Å². The van der Waals surface area contributed by atoms with Crippen LogP contribution in [0.25, 0.3) is 22.2 Å². The lowest BCUT2D eigenvalue weighted by Gasteiger charge is -2.12. The Morgan fingerprint density at radius 1 is 0.952 bits per heavy atom. The van der Waals surface area contributed by atoms with E-state index in [2.05, 4.69) is 15.0 Å². The molecule has 10 heteroatoms. The van der Waals surface area contributed by atoms with Crippen molar-refractivity contribution in [3.8, 4) is 28.4 Å². The SMILES string of the molecule is COc1cc2nccc(Oc3ccc(CC(=O)c4c[nH]c(C)c(-c5ccc(F)cc5)c4=O)cc3F)c2nc1CC(C)=O. The fraction of sp³-hybridized carbons (Fsp3) is 0.156. The van der Waals surface area contributed by atoms with Gasteiger partial charge in [-0.15, -0.1) is 0 Å². The summed E-state index contributed by atoms with van der Waals surface area (Å²) in [6.07, 6.45) is 2.62. The Morgan fingerprint density at radius 3 is 2.40 bits per heavy atom. The van der Waals surface area contributed by atoms with Gasteiger partial charge in [-0.2, -0.15) is 0 Å². The zero-order valence-electron chi connectivity index (χ0n) is 23.0. The third-order valence-corrected chi connectivity index (χ3v) is 6.64. The van der Waals surface area contributed by atoms with Gasteiger partial charge in [0.15, 0.2) is 28.5 Å². The van der Waals surface area contributed by atoms with Crippen molar-refractivity contribution in [2.75, 3.05) is 7.11 Å². The molecule has 0 bridgehead atoms. The number of hydrogen-bond acceptors (Lipinski definition) is 7. The molecule has 8 nitrogen and oxygen atoms in total. The van der Waals surface area contributed by atoms with Crippen molar-refractivity contribution >= 4 is 22.6 Å². The highest BCUT2D eigenvalue weighted by atomic mass is 19.1. The summed E-state index contributed by atoms with van der Waals surface area (Å²) < 4.78 is 39.7. The van der Waals surface area contributed by atoms with E-state index in [1.165, 1.54) is 68.9 Å². The molecule has 0 atom stereocenters. The number of ketones is 2. The second-order valence-electron chi connectivity index (χ2n) is 9.70. The number of nitrogens with one attached hydrogen (secondary N) is 1. The molecule has 0 fully saturated rings. The van der Waals surface area contributed by atoms with E-state index >= 15 is 4.39 Å². The molecule has 0 aliphatic carbocycles. The number of methoxy groups -OCH3 is 1. The third kappa shape index (κ3) is 5.78. The average Bonchev–Trinajstić information content (AvgIpc) is 2.95. The molecule has 1 N–H and O–H groups in total. The van der Waals surface area contributed by atoms with Gasteiger partial charge in [0.25, 0.3) is 0 Å². The molecule has 42 heavy (non-hydrogen) atoms. The number of aromatic amines is 1. The maximum atomic E-state index is 15.2. The van der Waals surface area contributed by atoms with Crippen LogP contribution in [0.3, 0.4) is 0 Å². The fourth-order valence-electron chi connectivity index (χ4n) is 4.62. The number of carbonyl (C=O) groups is 2. The van der Waals surface area contributed by atoms with Crippen LogP contribution in [0, 0.1) is 18.6 Å². The number of nitrogens with zero attached hydrogens (tertiary/aromatic N) is 2. The first-order chi connectivity index (χ1) is 20.1. The van der Waals surface area contributed by atoms with E-state index in [0.717, 1.165) is 6.07 Å². The Hall–Kier alpha value is -5.25. The summed E-state index contributed by atoms with van der Waals surface area (Å²) in [6, 6.07) is 12.6. The number of pyridine rings is 3. The molecule has 0 unspecified atom stereocenters. The quantitative estimate of drug-likeness (QED) is 0.219. The van der Waals surface area contributed by atoms with Crippen LogP contribution in [0.2, 0.25) is 0 Å². The molecule has 0 aliphatic rings. The highest BCUT2D eigenvalue weighted by Gasteiger charge is 2.19. The lowest BCUT2D eigenvalue weighted by molar-refractivity contribution is -0.116. The predicted octanol–water partition coefficient (Wildman–Crippen LogP) is 5.93. The van der Waals surface area contributed by atoms with Crippen LogP contribution < -0.4 is 14.9 Å². The second-order valence-corrected chi connectivity index (χ2v) is 9.70. The Labute approximate surface area is 239 Å². The van der Waals surface area contributed by atoms with Crippen LogP contribution in [0.1, 0.15) is 34.2 Å². The summed E-state index contributed by atoms with van der Waals surface area (Å²) in [6.45, 7) is 3.12. The maximum absolute atomic E-state index is 15.2. The van der Waals surface area contributed by atoms with Gasteiger partial charge in [-0.1, -0.05) is 18.2 Å². The highest BCUT2D eigenvalue weighted by Crippen LogP contribution is 2.32. The molecule has 3 aromatic heterocycles. The first-order valence-electron chi connectivity index (χ1n) is 12.9. The van der Waals surface area contributed by atoms with E-state index < -0.39 is 22.8 Å². The zero-order chi connectivity index (χ0) is 30.0. The summed E-state index contributed by atoms with van der Waals surface area (Å²) in [5, 5.41) is 0. The second kappa shape index (κ2) is 11.7. The molecule has 0 saturated heterocycles. The number of aromatic nitrogens is 3. The van der Waals surface area contributed by atoms with Crippen LogP contribution in [-0.4, -0.2) is 33.6 Å². The van der Waals surface area contributed by atoms with Crippen LogP contribution in [-0.2, 0) is 17.6 Å². The Balaban J connectivity index is 1.40. The molecule has 3 heterocycles. The van der Waals surface area contributed by atoms with Gasteiger partial charge in [0, 0.05) is 42.2 Å². The minimum absolute atomic E-state index is 0.0414. The summed E-state index contributed by atoms with van der Waals surface area (Å²) in [5.74, 6) is -1.29. The van der Waals surface area contributed by atoms with Crippen molar-refractivity contribution in [1.29, 1.82) is 0 Å². The number of ether oxygens (including phenoxy) is 2. The van der Waals surface area contributed by atoms with Gasteiger partial charge in [0.1, 0.15) is 22.9 Å². The summed E-state index contributed by atoms with van der Waals surface area (Å²) >= 11 is 0. The van der Waals surface area contributed by atoms with Gasteiger partial charge < -0.3 is 14.5 Å². The lowest BCUT2D eigenvalue weighted by Crippen LogP contribution is -2.20. The minimum Gasteiger partial charge on any atom is -0.495 e. The van der Waals surface area contributed by atoms with E-state index in [4.69, 9.17) is 9.47 Å². The third-order valence-electron chi connectivity index (χ3n) is 6.64. The highest BCUT2D eigenvalue weighted by molar-refractivity contribution is 5.98. The normalized spacial score (nSPS) is 11.0. The molecule has 212 valence electrons. The first-order valence-corrected chi connectivity index (χ1v) is 12.9. The summed E-state index contributed by atoms with van der Waals surface area (Å²) in [4.78, 5) is 49.7. The largest absolute Gasteiger partial charge is 0.495 e. The standard InChI is InChI=1S/C32H25F2N3O5/c1-17(38)12-24-29(41-3)15-25-31(37-24)28(10-11-35-25)42-27-9-4-19(13-23(27)34)14-26(39)22-16-36-18(2)30(32(22)40)20-5-7-21(33)8-6-20/h4-11,13,15-16H,12,14H2,1-3H3,(H,36,40). The molecule has 2 aromatic carbocycles. The fourth-order valence-corrected chi connectivity index (χ4v) is 4.62. The van der Waals surface area contributed by atoms with Crippen molar-refractivity contribution in [3.63, 3.8) is 0 Å². The van der Waals surface area contributed by atoms with E-state index in [0.29, 0.717) is 39.3 Å². The number of aryl methyl sites for hydroxylation is 1. The van der Waals surface area contributed by atoms with Gasteiger partial charge in [-0.25, -0.2) is 13.8 Å². The van der Waals surface area contributed by atoms with Gasteiger partial charge in [0.2, 0.25) is 0 Å². The molecule has 0 radical (unpaired) electrons. The molecular formula is C32H25F2N3O5. The number of H-pyrrole nitrogens is 1. The van der Waals surface area contributed by atoms with Crippen LogP contribution in [0.15, 0.2) is 71.8 Å². The predicted molar refractivity (Wildman–Crippen MR) is 152 cm³/mol. The van der Waals surface area contributed by atoms with Gasteiger partial charge >= 0.3 is 0 Å². The van der Waals surface area contributed by atoms with Gasteiger partial charge in [-0.3, -0.25) is 19.4 Å². The Kier molecular flexibility index (Phi) is 7.88. The molecule has 5 aromatic rings. The molecule has 0 aliphatic heterocycles. The number of fused-ring (bicyclic) bond motifs is 1. The number of benzene rings is 2. The van der Waals surface area contributed by atoms with Gasteiger partial charge in [-0.05, 0) is 49.2 Å². The van der Waals surface area contributed by atoms with Crippen LogP contribution in [0.4, 0.5) is 8.78 Å². The Morgan fingerprint density at radius 2 is 1.71 bits per heavy atom. The van der Waals surface area contributed by atoms with E-state index in [1.807, 2.05) is 0 Å². The van der Waals surface area contributed by atoms with Crippen molar-refractivity contribution < 1.29 is 27.8 Å². The van der Waals surface area contributed by atoms with E-state index in [9.17, 15) is 18.8 Å². The van der Waals surface area contributed by atoms with Crippen molar-refractivity contribution in [3.05, 3.63) is 111 Å². The lowest BCUT2D eigenvalue weighted by atomic mass is 9.98. The zero-order valence-corrected chi connectivity index (χ0v) is 23.0. The molecule has 5 rings (SSSR count). The van der Waals surface area contributed by atoms with Crippen LogP contribution in [0.5, 0.6) is 17.2 Å². The van der Waals surface area contributed by atoms with Crippen molar-refractivity contribution in [1.82, 2.24) is 15.0 Å². The van der Waals surface area contributed by atoms with E-state index in [1.54, 1.807) is 13.0 Å². The molecule has 0 amide bonds. The van der Waals surface area contributed by atoms with E-state index in [-0.39, 0.29) is 41.3 Å². The number of hydrogen-bond donors (Lipinski definition) is 1. The van der Waals surface area contributed by atoms with Crippen molar-refractivity contribution in [2.24, 2.45) is 0 Å². The topological polar surface area (TPSA) is 111 Å². The summed E-state index contributed by atoms with van der Waals surface area (Å²) in [7, 11) is 1.47. The van der Waals surface area contributed by atoms with Crippen molar-refractivity contribution in [2.45, 2.75) is 26.7 Å². The smallest absolute Gasteiger partial charge is 0.200 e. The van der Waals surface area contributed by atoms with Crippen LogP contribution >= 0.6 is 0 Å². The molecular weight excluding hydrogens is 544 g/mol. The maximum Gasteiger partial charge on any atom is 0.200 e. The number of halogens is 2. The minimum atomic E-state index is -0.729.